The van der Waals surface area contributed by atoms with E-state index in [0.29, 0.717) is 0 Å². The lowest BCUT2D eigenvalue weighted by Crippen LogP contribution is -2.10. The van der Waals surface area contributed by atoms with Crippen molar-refractivity contribution in [2.24, 2.45) is 0 Å². The van der Waals surface area contributed by atoms with Crippen LogP contribution in [0.15, 0.2) is 152 Å². The number of hydrogen-bond acceptors (Lipinski definition) is 0. The second-order valence-corrected chi connectivity index (χ2v) is 13.0. The maximum absolute atomic E-state index is 2.38. The monoisotopic (exact) mass is 562 g/mol. The molecule has 8 rings (SSSR count). The number of rotatable bonds is 4. The van der Waals surface area contributed by atoms with E-state index < -0.39 is 0 Å². The van der Waals surface area contributed by atoms with Gasteiger partial charge in [0, 0.05) is 0 Å². The molecule has 0 bridgehead atoms. The van der Waals surface area contributed by atoms with Gasteiger partial charge in [0.15, 0.2) is 0 Å². The van der Waals surface area contributed by atoms with E-state index in [1.54, 1.807) is 0 Å². The van der Waals surface area contributed by atoms with E-state index in [4.69, 9.17) is 0 Å². The molecule has 0 heterocycles. The molecular weight excluding hydrogens is 528 g/mol. The summed E-state index contributed by atoms with van der Waals surface area (Å²) in [6.45, 7) is 6.88. The summed E-state index contributed by atoms with van der Waals surface area (Å²) in [5.74, 6) is 0. The van der Waals surface area contributed by atoms with E-state index in [9.17, 15) is 0 Å². The molecule has 8 aromatic rings. The first-order valence-corrected chi connectivity index (χ1v) is 15.5. The lowest BCUT2D eigenvalue weighted by Gasteiger charge is -2.22. The molecule has 0 nitrogen and oxygen atoms in total. The molecule has 0 aromatic heterocycles. The molecular formula is C44H34. The minimum Gasteiger partial charge on any atom is -0.0622 e. The summed E-state index contributed by atoms with van der Waals surface area (Å²) >= 11 is 0. The average molecular weight is 563 g/mol. The molecule has 8 aromatic carbocycles. The maximum Gasteiger partial charge on any atom is -0.00206 e. The molecule has 0 amide bonds. The minimum absolute atomic E-state index is 0.114. The summed E-state index contributed by atoms with van der Waals surface area (Å²) in [5.41, 5.74) is 11.4. The van der Waals surface area contributed by atoms with Gasteiger partial charge in [0.1, 0.15) is 0 Å². The molecule has 0 aliphatic rings. The number of hydrogen-bond donors (Lipinski definition) is 0. The molecule has 210 valence electrons. The molecule has 0 atom stereocenters. The fourth-order valence-electron chi connectivity index (χ4n) is 6.73. The first-order valence-electron chi connectivity index (χ1n) is 15.5. The topological polar surface area (TPSA) is 0 Å². The Morgan fingerprint density at radius 2 is 0.818 bits per heavy atom. The van der Waals surface area contributed by atoms with Gasteiger partial charge in [0.25, 0.3) is 0 Å². The predicted octanol–water partition coefficient (Wildman–Crippen LogP) is 12.5. The first kappa shape index (κ1) is 26.4. The van der Waals surface area contributed by atoms with Crippen molar-refractivity contribution >= 4 is 32.3 Å². The van der Waals surface area contributed by atoms with Crippen LogP contribution >= 0.6 is 0 Å². The molecule has 0 saturated carbocycles. The van der Waals surface area contributed by atoms with Crippen LogP contribution in [0.3, 0.4) is 0 Å². The van der Waals surface area contributed by atoms with Crippen molar-refractivity contribution < 1.29 is 0 Å². The first-order chi connectivity index (χ1) is 21.4. The van der Waals surface area contributed by atoms with Crippen molar-refractivity contribution in [1.29, 1.82) is 0 Å². The van der Waals surface area contributed by atoms with Crippen molar-refractivity contribution in [1.82, 2.24) is 0 Å². The van der Waals surface area contributed by atoms with Gasteiger partial charge in [-0.2, -0.15) is 0 Å². The Morgan fingerprint density at radius 3 is 1.43 bits per heavy atom. The number of benzene rings is 8. The van der Waals surface area contributed by atoms with Gasteiger partial charge in [0.05, 0.1) is 0 Å². The molecule has 0 radical (unpaired) electrons. The Labute approximate surface area is 259 Å². The Bertz CT molecular complexity index is 2260. The molecule has 0 heteroatoms. The second kappa shape index (κ2) is 10.2. The van der Waals surface area contributed by atoms with Crippen molar-refractivity contribution in [3.63, 3.8) is 0 Å². The molecule has 0 fully saturated rings. The summed E-state index contributed by atoms with van der Waals surface area (Å²) in [6.07, 6.45) is 0. The maximum atomic E-state index is 2.38. The fourth-order valence-corrected chi connectivity index (χ4v) is 6.73. The van der Waals surface area contributed by atoms with Gasteiger partial charge in [-0.1, -0.05) is 160 Å². The highest BCUT2D eigenvalue weighted by Crippen LogP contribution is 2.41. The molecule has 0 aliphatic carbocycles. The van der Waals surface area contributed by atoms with E-state index >= 15 is 0 Å². The third kappa shape index (κ3) is 4.55. The van der Waals surface area contributed by atoms with Crippen LogP contribution in [0.4, 0.5) is 0 Å². The van der Waals surface area contributed by atoms with Gasteiger partial charge in [-0.15, -0.1) is 0 Å². The van der Waals surface area contributed by atoms with Gasteiger partial charge in [-0.3, -0.25) is 0 Å². The Morgan fingerprint density at radius 1 is 0.341 bits per heavy atom. The van der Waals surface area contributed by atoms with Crippen LogP contribution in [-0.2, 0) is 5.41 Å². The van der Waals surface area contributed by atoms with E-state index in [0.717, 1.165) is 0 Å². The molecule has 0 spiro atoms. The van der Waals surface area contributed by atoms with Crippen LogP contribution in [0.25, 0.3) is 76.8 Å². The summed E-state index contributed by atoms with van der Waals surface area (Å²) in [7, 11) is 0. The fraction of sp³-hybridized carbons (Fsp3) is 0.0909. The second-order valence-electron chi connectivity index (χ2n) is 13.0. The van der Waals surface area contributed by atoms with E-state index in [1.807, 2.05) is 0 Å². The quantitative estimate of drug-likeness (QED) is 0.187. The van der Waals surface area contributed by atoms with Gasteiger partial charge >= 0.3 is 0 Å². The molecule has 0 aliphatic heterocycles. The lowest BCUT2D eigenvalue weighted by atomic mass is 9.82. The van der Waals surface area contributed by atoms with E-state index in [2.05, 4.69) is 172 Å². The molecule has 0 N–H and O–H groups in total. The van der Waals surface area contributed by atoms with Crippen LogP contribution in [0, 0.1) is 0 Å². The SMILES string of the molecule is CC(C)(C)c1cc2ccc3ccc(-c4ccc(-c5cccc(-c6cccc(-c7ccccc7)c6)c5)cc4)c4ccc(c1)c2c34. The Balaban J connectivity index is 1.16. The molecule has 0 unspecified atom stereocenters. The standard InChI is InChI=1S/C44H34/c1-44(2,3)39-27-37-20-19-32-21-23-40(41-24-22-38(28-39)42(37)43(32)41)31-17-15-30(16-18-31)34-12-8-14-36(26-34)35-13-7-11-33(25-35)29-9-5-4-6-10-29/h4-28H,1-3H3. The Kier molecular flexibility index (Phi) is 6.13. The third-order valence-corrected chi connectivity index (χ3v) is 9.16. The van der Waals surface area contributed by atoms with Gasteiger partial charge < -0.3 is 0 Å². The third-order valence-electron chi connectivity index (χ3n) is 9.16. The van der Waals surface area contributed by atoms with Crippen LogP contribution in [0.1, 0.15) is 26.3 Å². The Hall–Kier alpha value is -5.20. The zero-order valence-electron chi connectivity index (χ0n) is 25.4. The largest absolute Gasteiger partial charge is 0.0622 e. The van der Waals surface area contributed by atoms with Crippen LogP contribution in [0.5, 0.6) is 0 Å². The zero-order chi connectivity index (χ0) is 29.8. The van der Waals surface area contributed by atoms with Crippen LogP contribution < -0.4 is 0 Å². The highest BCUT2D eigenvalue weighted by atomic mass is 14.2. The van der Waals surface area contributed by atoms with Crippen molar-refractivity contribution in [3.8, 4) is 44.5 Å². The molecule has 0 saturated heterocycles. The highest BCUT2D eigenvalue weighted by molar-refractivity contribution is 6.25. The van der Waals surface area contributed by atoms with Crippen molar-refractivity contribution in [3.05, 3.63) is 157 Å². The lowest BCUT2D eigenvalue weighted by molar-refractivity contribution is 0.591. The van der Waals surface area contributed by atoms with Crippen molar-refractivity contribution in [2.45, 2.75) is 26.2 Å². The summed E-state index contributed by atoms with van der Waals surface area (Å²) in [5, 5.41) is 8.01. The summed E-state index contributed by atoms with van der Waals surface area (Å²) in [6, 6.07) is 56.0. The van der Waals surface area contributed by atoms with Gasteiger partial charge in [-0.25, -0.2) is 0 Å². The summed E-state index contributed by atoms with van der Waals surface area (Å²) in [4.78, 5) is 0. The highest BCUT2D eigenvalue weighted by Gasteiger charge is 2.18. The van der Waals surface area contributed by atoms with E-state index in [1.165, 1.54) is 82.4 Å². The van der Waals surface area contributed by atoms with Crippen LogP contribution in [0.2, 0.25) is 0 Å². The minimum atomic E-state index is 0.114. The normalized spacial score (nSPS) is 12.0. The van der Waals surface area contributed by atoms with Crippen LogP contribution in [-0.4, -0.2) is 0 Å². The van der Waals surface area contributed by atoms with Gasteiger partial charge in [-0.05, 0) is 99.9 Å². The van der Waals surface area contributed by atoms with Gasteiger partial charge in [0.2, 0.25) is 0 Å². The molecule has 44 heavy (non-hydrogen) atoms. The average Bonchev–Trinajstić information content (AvgIpc) is 3.07. The zero-order valence-corrected chi connectivity index (χ0v) is 25.4. The smallest absolute Gasteiger partial charge is 0.00206 e. The summed E-state index contributed by atoms with van der Waals surface area (Å²) < 4.78 is 0. The van der Waals surface area contributed by atoms with Crippen molar-refractivity contribution in [2.75, 3.05) is 0 Å². The predicted molar refractivity (Wildman–Crippen MR) is 191 cm³/mol. The van der Waals surface area contributed by atoms with E-state index in [-0.39, 0.29) is 5.41 Å².